The number of benzene rings is 1. The molecule has 1 aromatic rings. The standard InChI is InChI=1S/C11H16FNO2/c1-14-7-3-6-13-9-4-5-11(15-2)10(12)8-9/h4-5,8,13H,3,6-7H2,1-2H3. The fourth-order valence-corrected chi connectivity index (χ4v) is 1.23. The first-order valence-electron chi connectivity index (χ1n) is 4.84. The van der Waals surface area contributed by atoms with E-state index >= 15 is 0 Å². The highest BCUT2D eigenvalue weighted by Gasteiger charge is 2.02. The molecule has 0 aliphatic carbocycles. The molecular formula is C11H16FNO2. The van der Waals surface area contributed by atoms with E-state index in [4.69, 9.17) is 9.47 Å². The summed E-state index contributed by atoms with van der Waals surface area (Å²) in [4.78, 5) is 0. The Kier molecular flexibility index (Phi) is 4.90. The van der Waals surface area contributed by atoms with E-state index in [2.05, 4.69) is 5.32 Å². The van der Waals surface area contributed by atoms with Gasteiger partial charge in [-0.25, -0.2) is 4.39 Å². The van der Waals surface area contributed by atoms with Gasteiger partial charge < -0.3 is 14.8 Å². The van der Waals surface area contributed by atoms with Crippen LogP contribution >= 0.6 is 0 Å². The number of rotatable bonds is 6. The average molecular weight is 213 g/mol. The van der Waals surface area contributed by atoms with Crippen LogP contribution < -0.4 is 10.1 Å². The van der Waals surface area contributed by atoms with Gasteiger partial charge in [-0.2, -0.15) is 0 Å². The zero-order valence-corrected chi connectivity index (χ0v) is 9.05. The first-order valence-corrected chi connectivity index (χ1v) is 4.84. The summed E-state index contributed by atoms with van der Waals surface area (Å²) in [6.07, 6.45) is 0.893. The van der Waals surface area contributed by atoms with E-state index in [1.165, 1.54) is 13.2 Å². The van der Waals surface area contributed by atoms with Gasteiger partial charge in [0.1, 0.15) is 0 Å². The molecule has 3 nitrogen and oxygen atoms in total. The molecule has 1 rings (SSSR count). The van der Waals surface area contributed by atoms with Crippen LogP contribution in [0.15, 0.2) is 18.2 Å². The van der Waals surface area contributed by atoms with Crippen molar-refractivity contribution in [3.8, 4) is 5.75 Å². The maximum absolute atomic E-state index is 13.2. The number of halogens is 1. The number of methoxy groups -OCH3 is 2. The molecule has 0 unspecified atom stereocenters. The number of hydrogen-bond donors (Lipinski definition) is 1. The second-order valence-corrected chi connectivity index (χ2v) is 3.12. The molecule has 1 N–H and O–H groups in total. The molecule has 0 heterocycles. The summed E-state index contributed by atoms with van der Waals surface area (Å²) in [5, 5.41) is 3.10. The van der Waals surface area contributed by atoms with Crippen LogP contribution in [-0.2, 0) is 4.74 Å². The molecule has 1 aromatic carbocycles. The number of nitrogens with one attached hydrogen (secondary N) is 1. The normalized spacial score (nSPS) is 10.1. The van der Waals surface area contributed by atoms with Crippen molar-refractivity contribution >= 4 is 5.69 Å². The molecule has 4 heteroatoms. The van der Waals surface area contributed by atoms with Crippen molar-refractivity contribution in [2.45, 2.75) is 6.42 Å². The van der Waals surface area contributed by atoms with Gasteiger partial charge in [0.25, 0.3) is 0 Å². The number of hydrogen-bond acceptors (Lipinski definition) is 3. The zero-order valence-electron chi connectivity index (χ0n) is 9.05. The van der Waals surface area contributed by atoms with Crippen molar-refractivity contribution in [2.75, 3.05) is 32.7 Å². The van der Waals surface area contributed by atoms with E-state index in [1.807, 2.05) is 0 Å². The fraction of sp³-hybridized carbons (Fsp3) is 0.455. The van der Waals surface area contributed by atoms with Crippen LogP contribution in [0.2, 0.25) is 0 Å². The van der Waals surface area contributed by atoms with Gasteiger partial charge in [-0.05, 0) is 18.6 Å². The lowest BCUT2D eigenvalue weighted by Crippen LogP contribution is -2.04. The highest BCUT2D eigenvalue weighted by molar-refractivity contribution is 5.47. The summed E-state index contributed by atoms with van der Waals surface area (Å²) in [5.41, 5.74) is 0.754. The molecule has 0 amide bonds. The molecule has 0 aliphatic heterocycles. The van der Waals surface area contributed by atoms with Crippen LogP contribution in [0.3, 0.4) is 0 Å². The molecule has 0 bridgehead atoms. The van der Waals surface area contributed by atoms with Crippen molar-refractivity contribution in [1.82, 2.24) is 0 Å². The third-order valence-electron chi connectivity index (χ3n) is 2.01. The second kappa shape index (κ2) is 6.24. The van der Waals surface area contributed by atoms with Gasteiger partial charge in [0, 0.05) is 32.0 Å². The van der Waals surface area contributed by atoms with E-state index in [-0.39, 0.29) is 11.6 Å². The maximum atomic E-state index is 13.2. The third-order valence-corrected chi connectivity index (χ3v) is 2.01. The van der Waals surface area contributed by atoms with Gasteiger partial charge in [0.05, 0.1) is 7.11 Å². The van der Waals surface area contributed by atoms with Gasteiger partial charge in [-0.15, -0.1) is 0 Å². The van der Waals surface area contributed by atoms with Crippen molar-refractivity contribution in [2.24, 2.45) is 0 Å². The van der Waals surface area contributed by atoms with Gasteiger partial charge in [-0.3, -0.25) is 0 Å². The van der Waals surface area contributed by atoms with E-state index < -0.39 is 0 Å². The Bertz CT molecular complexity index is 305. The second-order valence-electron chi connectivity index (χ2n) is 3.12. The summed E-state index contributed by atoms with van der Waals surface area (Å²) in [6.45, 7) is 1.46. The molecule has 0 aromatic heterocycles. The number of ether oxygens (including phenoxy) is 2. The SMILES string of the molecule is COCCCNc1ccc(OC)c(F)c1. The van der Waals surface area contributed by atoms with E-state index in [9.17, 15) is 4.39 Å². The summed E-state index contributed by atoms with van der Waals surface area (Å²) < 4.78 is 23.0. The highest BCUT2D eigenvalue weighted by atomic mass is 19.1. The van der Waals surface area contributed by atoms with Gasteiger partial charge in [0.2, 0.25) is 0 Å². The fourth-order valence-electron chi connectivity index (χ4n) is 1.23. The summed E-state index contributed by atoms with van der Waals surface area (Å²) in [7, 11) is 3.11. The topological polar surface area (TPSA) is 30.5 Å². The van der Waals surface area contributed by atoms with Gasteiger partial charge >= 0.3 is 0 Å². The molecule has 15 heavy (non-hydrogen) atoms. The predicted molar refractivity (Wildman–Crippen MR) is 57.9 cm³/mol. The van der Waals surface area contributed by atoms with E-state index in [1.54, 1.807) is 19.2 Å². The van der Waals surface area contributed by atoms with Crippen LogP contribution in [0, 0.1) is 5.82 Å². The molecule has 84 valence electrons. The molecule has 0 saturated heterocycles. The van der Waals surface area contributed by atoms with Crippen molar-refractivity contribution in [3.63, 3.8) is 0 Å². The monoisotopic (exact) mass is 213 g/mol. The molecule has 0 saturated carbocycles. The Balaban J connectivity index is 2.45. The Hall–Kier alpha value is -1.29. The molecule has 0 aliphatic rings. The zero-order chi connectivity index (χ0) is 11.1. The lowest BCUT2D eigenvalue weighted by Gasteiger charge is -2.07. The van der Waals surface area contributed by atoms with Crippen LogP contribution in [0.25, 0.3) is 0 Å². The first kappa shape index (κ1) is 11.8. The van der Waals surface area contributed by atoms with Crippen LogP contribution in [-0.4, -0.2) is 27.4 Å². The number of anilines is 1. The van der Waals surface area contributed by atoms with Crippen molar-refractivity contribution in [1.29, 1.82) is 0 Å². The third kappa shape index (κ3) is 3.75. The minimum absolute atomic E-state index is 0.262. The summed E-state index contributed by atoms with van der Waals surface area (Å²) >= 11 is 0. The Labute approximate surface area is 89.2 Å². The van der Waals surface area contributed by atoms with Crippen molar-refractivity contribution < 1.29 is 13.9 Å². The van der Waals surface area contributed by atoms with Crippen molar-refractivity contribution in [3.05, 3.63) is 24.0 Å². The van der Waals surface area contributed by atoms with E-state index in [0.717, 1.165) is 18.7 Å². The predicted octanol–water partition coefficient (Wildman–Crippen LogP) is 2.28. The Morgan fingerprint density at radius 3 is 2.73 bits per heavy atom. The molecule has 0 fully saturated rings. The minimum atomic E-state index is -0.353. The lowest BCUT2D eigenvalue weighted by molar-refractivity contribution is 0.198. The quantitative estimate of drug-likeness (QED) is 0.735. The molecule has 0 spiro atoms. The van der Waals surface area contributed by atoms with Gasteiger partial charge in [-0.1, -0.05) is 0 Å². The maximum Gasteiger partial charge on any atom is 0.167 e. The highest BCUT2D eigenvalue weighted by Crippen LogP contribution is 2.20. The minimum Gasteiger partial charge on any atom is -0.494 e. The average Bonchev–Trinajstić information content (AvgIpc) is 2.25. The molecular weight excluding hydrogens is 197 g/mol. The largest absolute Gasteiger partial charge is 0.494 e. The Morgan fingerprint density at radius 2 is 2.13 bits per heavy atom. The summed E-state index contributed by atoms with van der Waals surface area (Å²) in [6, 6.07) is 4.81. The summed E-state index contributed by atoms with van der Waals surface area (Å²) in [5.74, 6) is -0.0910. The van der Waals surface area contributed by atoms with Gasteiger partial charge in [0.15, 0.2) is 11.6 Å². The first-order chi connectivity index (χ1) is 7.27. The smallest absolute Gasteiger partial charge is 0.167 e. The molecule has 0 radical (unpaired) electrons. The van der Waals surface area contributed by atoms with Crippen LogP contribution in [0.4, 0.5) is 10.1 Å². The van der Waals surface area contributed by atoms with Crippen LogP contribution in [0.1, 0.15) is 6.42 Å². The van der Waals surface area contributed by atoms with Crippen LogP contribution in [0.5, 0.6) is 5.75 Å². The Morgan fingerprint density at radius 1 is 1.33 bits per heavy atom. The van der Waals surface area contributed by atoms with E-state index in [0.29, 0.717) is 6.61 Å². The molecule has 0 atom stereocenters. The lowest BCUT2D eigenvalue weighted by atomic mass is 10.3.